The second-order valence-corrected chi connectivity index (χ2v) is 12.8. The Morgan fingerprint density at radius 1 is 0.939 bits per heavy atom. The minimum atomic E-state index is -1.04. The van der Waals surface area contributed by atoms with Crippen LogP contribution < -0.4 is 21.3 Å². The first-order valence-electron chi connectivity index (χ1n) is 16.9. The van der Waals surface area contributed by atoms with Crippen molar-refractivity contribution in [1.29, 1.82) is 0 Å². The van der Waals surface area contributed by atoms with Crippen LogP contribution >= 0.6 is 0 Å². The normalized spacial score (nSPS) is 19.3. The number of hydrogen-bond acceptors (Lipinski definition) is 9. The lowest BCUT2D eigenvalue weighted by Crippen LogP contribution is -2.46. The largest absolute Gasteiger partial charge is 0.465 e. The molecule has 1 saturated carbocycles. The molecule has 2 aliphatic rings. The highest BCUT2D eigenvalue weighted by Gasteiger charge is 2.31. The second kappa shape index (κ2) is 16.3. The first-order valence-corrected chi connectivity index (χ1v) is 16.9. The molecule has 256 valence electrons. The lowest BCUT2D eigenvalue weighted by molar-refractivity contribution is -0.128. The van der Waals surface area contributed by atoms with Gasteiger partial charge in [0, 0.05) is 56.4 Å². The third-order valence-electron chi connectivity index (χ3n) is 9.60. The smallest absolute Gasteiger partial charge is 0.404 e. The van der Waals surface area contributed by atoms with Gasteiger partial charge < -0.3 is 31.2 Å². The fourth-order valence-electron chi connectivity index (χ4n) is 6.82. The Kier molecular flexibility index (Phi) is 11.2. The Morgan fingerprint density at radius 3 is 2.33 bits per heavy atom. The van der Waals surface area contributed by atoms with Crippen LogP contribution in [0.5, 0.6) is 0 Å². The number of nitrogens with zero attached hydrogens (tertiary/aromatic N) is 4. The molecule has 2 atom stereocenters. The number of carbonyl (C=O) groups excluding carboxylic acids is 2. The molecule has 2 heterocycles. The number of aldehydes is 1. The van der Waals surface area contributed by atoms with Crippen LogP contribution in [0.2, 0.25) is 0 Å². The molecule has 4 aromatic rings. The molecule has 49 heavy (non-hydrogen) atoms. The summed E-state index contributed by atoms with van der Waals surface area (Å²) in [5.41, 5.74) is 5.95. The van der Waals surface area contributed by atoms with Gasteiger partial charge in [0.05, 0.1) is 6.04 Å². The van der Waals surface area contributed by atoms with Gasteiger partial charge in [0.1, 0.15) is 12.3 Å². The van der Waals surface area contributed by atoms with Crippen LogP contribution in [-0.2, 0) is 16.1 Å². The van der Waals surface area contributed by atoms with E-state index >= 15 is 0 Å². The molecule has 1 aromatic heterocycles. The van der Waals surface area contributed by atoms with Crippen molar-refractivity contribution in [2.75, 3.05) is 38.0 Å². The minimum Gasteiger partial charge on any atom is -0.465 e. The van der Waals surface area contributed by atoms with E-state index in [0.29, 0.717) is 25.2 Å². The third-order valence-corrected chi connectivity index (χ3v) is 9.60. The molecule has 13 heteroatoms. The fraction of sp³-hybridized carbons (Fsp3) is 0.389. The first-order chi connectivity index (χ1) is 24.0. The summed E-state index contributed by atoms with van der Waals surface area (Å²) in [6, 6.07) is 22.8. The third kappa shape index (κ3) is 8.86. The summed E-state index contributed by atoms with van der Waals surface area (Å²) in [5.74, 6) is 0.337. The number of H-pyrrole nitrogens is 1. The average Bonchev–Trinajstić information content (AvgIpc) is 3.69. The Labute approximate surface area is 285 Å². The maximum Gasteiger partial charge on any atom is 0.404 e. The maximum atomic E-state index is 13.5. The van der Waals surface area contributed by atoms with E-state index in [9.17, 15) is 14.4 Å². The Balaban J connectivity index is 1.21. The summed E-state index contributed by atoms with van der Waals surface area (Å²) >= 11 is 0. The fourth-order valence-corrected chi connectivity index (χ4v) is 6.82. The van der Waals surface area contributed by atoms with Gasteiger partial charge in [-0.05, 0) is 88.5 Å². The zero-order valence-corrected chi connectivity index (χ0v) is 27.3. The van der Waals surface area contributed by atoms with E-state index < -0.39 is 18.2 Å². The van der Waals surface area contributed by atoms with Gasteiger partial charge in [-0.3, -0.25) is 9.69 Å². The molecule has 1 unspecified atom stereocenters. The van der Waals surface area contributed by atoms with Gasteiger partial charge in [0.2, 0.25) is 5.91 Å². The molecular formula is C36H43N9O4. The van der Waals surface area contributed by atoms with Crippen LogP contribution in [0.1, 0.15) is 42.9 Å². The molecule has 1 aliphatic carbocycles. The zero-order valence-electron chi connectivity index (χ0n) is 27.3. The van der Waals surface area contributed by atoms with Crippen LogP contribution in [0, 0.1) is 11.8 Å². The number of amides is 2. The highest BCUT2D eigenvalue weighted by Crippen LogP contribution is 2.31. The van der Waals surface area contributed by atoms with Gasteiger partial charge in [-0.15, -0.1) is 5.10 Å². The minimum absolute atomic E-state index is 0.167. The van der Waals surface area contributed by atoms with E-state index in [1.165, 1.54) is 11.1 Å². The van der Waals surface area contributed by atoms with Crippen molar-refractivity contribution in [1.82, 2.24) is 41.5 Å². The van der Waals surface area contributed by atoms with E-state index in [0.717, 1.165) is 74.2 Å². The van der Waals surface area contributed by atoms with Crippen LogP contribution in [0.4, 0.5) is 10.5 Å². The number of carbonyl (C=O) groups is 3. The Hall–Kier alpha value is -5.14. The molecule has 13 nitrogen and oxygen atoms in total. The van der Waals surface area contributed by atoms with Crippen molar-refractivity contribution in [2.24, 2.45) is 11.8 Å². The molecule has 0 bridgehead atoms. The molecule has 6 rings (SSSR count). The predicted octanol–water partition coefficient (Wildman–Crippen LogP) is 3.85. The van der Waals surface area contributed by atoms with Crippen molar-refractivity contribution in [2.45, 2.75) is 44.3 Å². The van der Waals surface area contributed by atoms with Crippen LogP contribution in [0.15, 0.2) is 72.8 Å². The number of piperazine rings is 1. The van der Waals surface area contributed by atoms with Crippen LogP contribution in [0.25, 0.3) is 22.5 Å². The maximum absolute atomic E-state index is 13.5. The van der Waals surface area contributed by atoms with Gasteiger partial charge in [0.25, 0.3) is 0 Å². The second-order valence-electron chi connectivity index (χ2n) is 12.8. The van der Waals surface area contributed by atoms with Gasteiger partial charge in [-0.25, -0.2) is 9.89 Å². The predicted molar refractivity (Wildman–Crippen MR) is 185 cm³/mol. The van der Waals surface area contributed by atoms with E-state index in [1.54, 1.807) is 0 Å². The summed E-state index contributed by atoms with van der Waals surface area (Å²) < 4.78 is 0. The van der Waals surface area contributed by atoms with E-state index in [2.05, 4.69) is 83.2 Å². The number of benzene rings is 3. The standard InChI is InChI=1S/C36H43N9O4/c46-23-32(40-35(47)28-7-5-24(6-8-28)21-38-36(48)49)33(39-30-15-13-27(14-16-30)34-41-43-44-42-34)26-11-9-25(10-12-26)31-4-2-1-3-29(31)22-45-19-17-37-18-20-45/h1-4,9-16,23-24,28,32-33,37-39H,5-8,17-22H2,(H,40,47)(H,48,49)(H,41,42,43,44)/t24-,28-,32-,33?/m1/s1. The highest BCUT2D eigenvalue weighted by molar-refractivity contribution is 5.82. The summed E-state index contributed by atoms with van der Waals surface area (Å²) in [4.78, 5) is 39.6. The Morgan fingerprint density at radius 2 is 1.65 bits per heavy atom. The topological polar surface area (TPSA) is 177 Å². The van der Waals surface area contributed by atoms with Crippen LogP contribution in [0.3, 0.4) is 0 Å². The number of aromatic amines is 1. The Bertz CT molecular complexity index is 1670. The summed E-state index contributed by atoms with van der Waals surface area (Å²) in [7, 11) is 0. The molecule has 0 spiro atoms. The summed E-state index contributed by atoms with van der Waals surface area (Å²) in [5, 5.41) is 35.4. The molecule has 2 fully saturated rings. The van der Waals surface area contributed by atoms with E-state index in [-0.39, 0.29) is 17.7 Å². The van der Waals surface area contributed by atoms with Gasteiger partial charge in [0.15, 0.2) is 5.82 Å². The molecule has 0 radical (unpaired) electrons. The van der Waals surface area contributed by atoms with Crippen LogP contribution in [-0.4, -0.2) is 87.7 Å². The first kappa shape index (κ1) is 33.7. The van der Waals surface area contributed by atoms with Crippen molar-refractivity contribution < 1.29 is 19.5 Å². The average molecular weight is 666 g/mol. The number of tetrazole rings is 1. The van der Waals surface area contributed by atoms with Gasteiger partial charge in [-0.1, -0.05) is 48.5 Å². The molecule has 3 aromatic carbocycles. The number of aromatic nitrogens is 4. The molecule has 2 amide bonds. The lowest BCUT2D eigenvalue weighted by atomic mass is 9.81. The van der Waals surface area contributed by atoms with Crippen molar-refractivity contribution in [3.05, 3.63) is 83.9 Å². The zero-order chi connectivity index (χ0) is 34.0. The monoisotopic (exact) mass is 665 g/mol. The SMILES string of the molecule is O=C[C@@H](NC(=O)[C@H]1CC[C@H](CNC(=O)O)CC1)C(Nc1ccc(-c2nnn[nH]2)cc1)c1ccc(-c2ccccc2CN2CCNCC2)cc1. The van der Waals surface area contributed by atoms with E-state index in [4.69, 9.17) is 5.11 Å². The van der Waals surface area contributed by atoms with Crippen molar-refractivity contribution >= 4 is 24.0 Å². The molecule has 1 aliphatic heterocycles. The van der Waals surface area contributed by atoms with Gasteiger partial charge in [-0.2, -0.15) is 0 Å². The summed E-state index contributed by atoms with van der Waals surface area (Å²) in [6.07, 6.45) is 2.53. The quantitative estimate of drug-likeness (QED) is 0.115. The number of carboxylic acid groups (broad SMARTS) is 1. The number of nitrogens with one attached hydrogen (secondary N) is 5. The lowest BCUT2D eigenvalue weighted by Gasteiger charge is -2.31. The number of anilines is 1. The van der Waals surface area contributed by atoms with Gasteiger partial charge >= 0.3 is 6.09 Å². The molecule has 1 saturated heterocycles. The van der Waals surface area contributed by atoms with Crippen molar-refractivity contribution in [3.63, 3.8) is 0 Å². The highest BCUT2D eigenvalue weighted by atomic mass is 16.4. The molecular weight excluding hydrogens is 622 g/mol. The summed E-state index contributed by atoms with van der Waals surface area (Å²) in [6.45, 7) is 5.27. The molecule has 6 N–H and O–H groups in total. The van der Waals surface area contributed by atoms with E-state index in [1.807, 2.05) is 36.4 Å². The number of hydrogen-bond donors (Lipinski definition) is 6. The number of rotatable bonds is 13. The van der Waals surface area contributed by atoms with Crippen molar-refractivity contribution in [3.8, 4) is 22.5 Å².